The molecule has 0 aliphatic heterocycles. The predicted octanol–water partition coefficient (Wildman–Crippen LogP) is 2.81. The second kappa shape index (κ2) is 9.68. The summed E-state index contributed by atoms with van der Waals surface area (Å²) >= 11 is 0. The number of halogens is 3. The molecule has 1 unspecified atom stereocenters. The first kappa shape index (κ1) is 19.8. The number of aryl methyl sites for hydroxylation is 1. The second-order valence-corrected chi connectivity index (χ2v) is 5.34. The van der Waals surface area contributed by atoms with Crippen molar-refractivity contribution in [3.8, 4) is 0 Å². The molecule has 120 valence electrons. The zero-order valence-corrected chi connectivity index (χ0v) is 13.2. The van der Waals surface area contributed by atoms with E-state index in [9.17, 15) is 13.6 Å². The quantitative estimate of drug-likeness (QED) is 0.811. The van der Waals surface area contributed by atoms with Crippen LogP contribution in [0.15, 0.2) is 18.2 Å². The molecule has 0 radical (unpaired) electrons. The maximum absolute atomic E-state index is 13.4. The molecule has 0 bridgehead atoms. The summed E-state index contributed by atoms with van der Waals surface area (Å²) in [6, 6.07) is 3.92. The summed E-state index contributed by atoms with van der Waals surface area (Å²) in [6.45, 7) is 4.48. The van der Waals surface area contributed by atoms with Gasteiger partial charge in [-0.25, -0.2) is 8.78 Å². The van der Waals surface area contributed by atoms with Crippen molar-refractivity contribution in [2.75, 3.05) is 6.54 Å². The fourth-order valence-electron chi connectivity index (χ4n) is 2.07. The third kappa shape index (κ3) is 6.87. The Balaban J connectivity index is 0.00000400. The zero-order chi connectivity index (χ0) is 15.1. The maximum Gasteiger partial charge on any atom is 0.220 e. The Morgan fingerprint density at radius 3 is 2.57 bits per heavy atom. The molecular formula is C15H23ClF2N2O. The van der Waals surface area contributed by atoms with Crippen molar-refractivity contribution in [1.29, 1.82) is 0 Å². The Bertz CT molecular complexity index is 455. The highest BCUT2D eigenvalue weighted by Gasteiger charge is 2.14. The van der Waals surface area contributed by atoms with E-state index in [4.69, 9.17) is 5.73 Å². The molecule has 21 heavy (non-hydrogen) atoms. The number of nitrogens with two attached hydrogens (primary N) is 1. The molecule has 0 saturated carbocycles. The summed E-state index contributed by atoms with van der Waals surface area (Å²) in [5, 5.41) is 2.82. The first-order chi connectivity index (χ1) is 9.43. The Morgan fingerprint density at radius 1 is 1.33 bits per heavy atom. The molecule has 0 spiro atoms. The van der Waals surface area contributed by atoms with Crippen LogP contribution in [0.25, 0.3) is 0 Å². The minimum Gasteiger partial charge on any atom is -0.352 e. The lowest BCUT2D eigenvalue weighted by Gasteiger charge is -2.18. The van der Waals surface area contributed by atoms with Crippen LogP contribution in [-0.4, -0.2) is 18.5 Å². The van der Waals surface area contributed by atoms with Crippen LogP contribution >= 0.6 is 12.4 Å². The summed E-state index contributed by atoms with van der Waals surface area (Å²) in [7, 11) is 0. The second-order valence-electron chi connectivity index (χ2n) is 5.34. The van der Waals surface area contributed by atoms with E-state index in [2.05, 4.69) is 19.2 Å². The number of carbonyl (C=O) groups is 1. The van der Waals surface area contributed by atoms with Crippen LogP contribution in [0.4, 0.5) is 8.78 Å². The van der Waals surface area contributed by atoms with Crippen molar-refractivity contribution in [3.05, 3.63) is 35.4 Å². The SMILES string of the molecule is CC(C)CC(CN)NC(=O)CCc1cccc(F)c1F.Cl. The van der Waals surface area contributed by atoms with Gasteiger partial charge < -0.3 is 11.1 Å². The molecule has 0 fully saturated rings. The molecule has 0 saturated heterocycles. The molecule has 1 aromatic rings. The van der Waals surface area contributed by atoms with Gasteiger partial charge in [-0.1, -0.05) is 26.0 Å². The molecule has 0 aliphatic carbocycles. The summed E-state index contributed by atoms with van der Waals surface area (Å²) in [4.78, 5) is 11.8. The Labute approximate surface area is 130 Å². The molecule has 3 N–H and O–H groups in total. The molecule has 0 aromatic heterocycles. The standard InChI is InChI=1S/C15H22F2N2O.ClH/c1-10(2)8-12(9-18)19-14(20)7-6-11-4-3-5-13(16)15(11)17;/h3-5,10,12H,6-9,18H2,1-2H3,(H,19,20);1H. The Hall–Kier alpha value is -1.20. The van der Waals surface area contributed by atoms with E-state index in [-0.39, 0.29) is 42.8 Å². The minimum atomic E-state index is -0.887. The van der Waals surface area contributed by atoms with Gasteiger partial charge in [0.05, 0.1) is 0 Å². The van der Waals surface area contributed by atoms with E-state index in [1.54, 1.807) is 0 Å². The van der Waals surface area contributed by atoms with Crippen molar-refractivity contribution in [3.63, 3.8) is 0 Å². The van der Waals surface area contributed by atoms with Crippen molar-refractivity contribution in [2.24, 2.45) is 11.7 Å². The normalized spacial score (nSPS) is 11.9. The van der Waals surface area contributed by atoms with Gasteiger partial charge in [0, 0.05) is 19.0 Å². The number of amides is 1. The van der Waals surface area contributed by atoms with Crippen molar-refractivity contribution < 1.29 is 13.6 Å². The van der Waals surface area contributed by atoms with Crippen molar-refractivity contribution in [2.45, 2.75) is 39.2 Å². The van der Waals surface area contributed by atoms with Gasteiger partial charge in [-0.3, -0.25) is 4.79 Å². The van der Waals surface area contributed by atoms with Crippen molar-refractivity contribution in [1.82, 2.24) is 5.32 Å². The molecule has 1 atom stereocenters. The van der Waals surface area contributed by atoms with Gasteiger partial charge in [-0.2, -0.15) is 0 Å². The van der Waals surface area contributed by atoms with Gasteiger partial charge in [-0.05, 0) is 30.4 Å². The average molecular weight is 321 g/mol. The Kier molecular flexibility index (Phi) is 9.13. The van der Waals surface area contributed by atoms with Crippen LogP contribution < -0.4 is 11.1 Å². The van der Waals surface area contributed by atoms with Crippen molar-refractivity contribution >= 4 is 18.3 Å². The topological polar surface area (TPSA) is 55.1 Å². The van der Waals surface area contributed by atoms with Gasteiger partial charge in [0.2, 0.25) is 5.91 Å². The van der Waals surface area contributed by atoms with E-state index >= 15 is 0 Å². The van der Waals surface area contributed by atoms with E-state index in [1.807, 2.05) is 0 Å². The van der Waals surface area contributed by atoms with Gasteiger partial charge >= 0.3 is 0 Å². The highest BCUT2D eigenvalue weighted by molar-refractivity contribution is 5.85. The molecule has 0 heterocycles. The van der Waals surface area contributed by atoms with Crippen LogP contribution in [0.5, 0.6) is 0 Å². The maximum atomic E-state index is 13.4. The third-order valence-corrected chi connectivity index (χ3v) is 3.06. The monoisotopic (exact) mass is 320 g/mol. The first-order valence-corrected chi connectivity index (χ1v) is 6.86. The molecule has 0 aliphatic rings. The van der Waals surface area contributed by atoms with E-state index < -0.39 is 11.6 Å². The largest absolute Gasteiger partial charge is 0.352 e. The number of nitrogens with one attached hydrogen (secondary N) is 1. The average Bonchev–Trinajstić information content (AvgIpc) is 2.39. The predicted molar refractivity (Wildman–Crippen MR) is 82.4 cm³/mol. The number of rotatable bonds is 7. The lowest BCUT2D eigenvalue weighted by atomic mass is 10.0. The van der Waals surface area contributed by atoms with E-state index in [0.717, 1.165) is 12.5 Å². The fourth-order valence-corrected chi connectivity index (χ4v) is 2.07. The van der Waals surface area contributed by atoms with Crippen LogP contribution in [0.1, 0.15) is 32.3 Å². The Morgan fingerprint density at radius 2 is 2.00 bits per heavy atom. The van der Waals surface area contributed by atoms with Crippen LogP contribution in [0.2, 0.25) is 0 Å². The van der Waals surface area contributed by atoms with Crippen LogP contribution in [-0.2, 0) is 11.2 Å². The molecule has 1 amide bonds. The smallest absolute Gasteiger partial charge is 0.220 e. The van der Waals surface area contributed by atoms with Gasteiger partial charge in [0.1, 0.15) is 0 Å². The zero-order valence-electron chi connectivity index (χ0n) is 12.4. The summed E-state index contributed by atoms with van der Waals surface area (Å²) in [5.74, 6) is -1.52. The van der Waals surface area contributed by atoms with Gasteiger partial charge in [0.15, 0.2) is 11.6 Å². The number of benzene rings is 1. The highest BCUT2D eigenvalue weighted by Crippen LogP contribution is 2.13. The lowest BCUT2D eigenvalue weighted by Crippen LogP contribution is -2.41. The lowest BCUT2D eigenvalue weighted by molar-refractivity contribution is -0.121. The fraction of sp³-hybridized carbons (Fsp3) is 0.533. The van der Waals surface area contributed by atoms with Gasteiger partial charge in [-0.15, -0.1) is 12.4 Å². The summed E-state index contributed by atoms with van der Waals surface area (Å²) < 4.78 is 26.4. The molecule has 6 heteroatoms. The third-order valence-electron chi connectivity index (χ3n) is 3.06. The summed E-state index contributed by atoms with van der Waals surface area (Å²) in [5.41, 5.74) is 5.81. The number of hydrogen-bond acceptors (Lipinski definition) is 2. The minimum absolute atomic E-state index is 0. The van der Waals surface area contributed by atoms with Gasteiger partial charge in [0.25, 0.3) is 0 Å². The van der Waals surface area contributed by atoms with Crippen LogP contribution in [0.3, 0.4) is 0 Å². The highest BCUT2D eigenvalue weighted by atomic mass is 35.5. The number of carbonyl (C=O) groups excluding carboxylic acids is 1. The molecule has 1 rings (SSSR count). The van der Waals surface area contributed by atoms with E-state index in [1.165, 1.54) is 12.1 Å². The molecule has 1 aromatic carbocycles. The number of hydrogen-bond donors (Lipinski definition) is 2. The van der Waals surface area contributed by atoms with Crippen LogP contribution in [0, 0.1) is 17.6 Å². The molecular weight excluding hydrogens is 298 g/mol. The van der Waals surface area contributed by atoms with E-state index in [0.29, 0.717) is 12.5 Å². The first-order valence-electron chi connectivity index (χ1n) is 6.86. The molecule has 3 nitrogen and oxygen atoms in total. The summed E-state index contributed by atoms with van der Waals surface area (Å²) in [6.07, 6.45) is 1.10.